The third kappa shape index (κ3) is 3.32. The minimum absolute atomic E-state index is 0.0311. The molecule has 0 spiro atoms. The van der Waals surface area contributed by atoms with Crippen molar-refractivity contribution in [1.29, 1.82) is 0 Å². The Balaban J connectivity index is 2.33. The second kappa shape index (κ2) is 6.50. The number of morpholine rings is 1. The summed E-state index contributed by atoms with van der Waals surface area (Å²) in [7, 11) is -2.70. The third-order valence-corrected chi connectivity index (χ3v) is 5.83. The van der Waals surface area contributed by atoms with Gasteiger partial charge in [0, 0.05) is 6.54 Å². The molecule has 1 unspecified atom stereocenters. The Morgan fingerprint density at radius 3 is 2.57 bits per heavy atom. The molecule has 9 heteroatoms. The molecule has 0 amide bonds. The molecule has 1 atom stereocenters. The van der Waals surface area contributed by atoms with Crippen LogP contribution in [0, 0.1) is 0 Å². The highest BCUT2D eigenvalue weighted by Crippen LogP contribution is 2.32. The molecule has 1 saturated heterocycles. The van der Waals surface area contributed by atoms with Gasteiger partial charge in [-0.1, -0.05) is 29.3 Å². The van der Waals surface area contributed by atoms with Crippen LogP contribution in [0.2, 0.25) is 10.0 Å². The maximum absolute atomic E-state index is 12.6. The van der Waals surface area contributed by atoms with E-state index in [1.165, 1.54) is 19.2 Å². The monoisotopic (exact) mass is 353 g/mol. The summed E-state index contributed by atoms with van der Waals surface area (Å²) in [6.07, 6.45) is -0.959. The molecule has 0 aromatic heterocycles. The Labute approximate surface area is 132 Å². The van der Waals surface area contributed by atoms with Crippen LogP contribution >= 0.6 is 23.2 Å². The number of carbonyl (C=O) groups excluding carboxylic acids is 1. The van der Waals surface area contributed by atoms with Gasteiger partial charge in [-0.3, -0.25) is 0 Å². The number of ether oxygens (including phenoxy) is 2. The van der Waals surface area contributed by atoms with Crippen molar-refractivity contribution < 1.29 is 22.7 Å². The van der Waals surface area contributed by atoms with Crippen molar-refractivity contribution in [3.05, 3.63) is 28.2 Å². The van der Waals surface area contributed by atoms with Gasteiger partial charge < -0.3 is 9.47 Å². The number of hydrogen-bond acceptors (Lipinski definition) is 5. The number of carbonyl (C=O) groups is 1. The lowest BCUT2D eigenvalue weighted by Gasteiger charge is -2.31. The van der Waals surface area contributed by atoms with Crippen molar-refractivity contribution in [2.75, 3.05) is 26.8 Å². The fourth-order valence-electron chi connectivity index (χ4n) is 1.98. The first-order chi connectivity index (χ1) is 9.87. The molecule has 2 rings (SSSR count). The lowest BCUT2D eigenvalue weighted by molar-refractivity contribution is -0.157. The Kier molecular flexibility index (Phi) is 5.11. The van der Waals surface area contributed by atoms with Gasteiger partial charge in [0.25, 0.3) is 0 Å². The Bertz CT molecular complexity index is 629. The number of hydrogen-bond donors (Lipinski definition) is 0. The second-order valence-electron chi connectivity index (χ2n) is 4.30. The van der Waals surface area contributed by atoms with E-state index in [1.807, 2.05) is 0 Å². The second-order valence-corrected chi connectivity index (χ2v) is 6.99. The van der Waals surface area contributed by atoms with E-state index >= 15 is 0 Å². The van der Waals surface area contributed by atoms with Gasteiger partial charge in [-0.2, -0.15) is 4.31 Å². The molecule has 0 radical (unpaired) electrons. The molecular weight excluding hydrogens is 341 g/mol. The summed E-state index contributed by atoms with van der Waals surface area (Å²) in [5, 5.41) is 0.0622. The van der Waals surface area contributed by atoms with Gasteiger partial charge in [0.1, 0.15) is 4.90 Å². The average Bonchev–Trinajstić information content (AvgIpc) is 2.46. The number of esters is 1. The first-order valence-electron chi connectivity index (χ1n) is 6.01. The zero-order chi connectivity index (χ0) is 15.6. The smallest absolute Gasteiger partial charge is 0.336 e. The fraction of sp³-hybridized carbons (Fsp3) is 0.417. The molecule has 1 heterocycles. The highest BCUT2D eigenvalue weighted by atomic mass is 35.5. The van der Waals surface area contributed by atoms with Crippen LogP contribution in [0.4, 0.5) is 0 Å². The summed E-state index contributed by atoms with van der Waals surface area (Å²) >= 11 is 11.9. The maximum atomic E-state index is 12.6. The van der Waals surface area contributed by atoms with Crippen LogP contribution in [0.25, 0.3) is 0 Å². The van der Waals surface area contributed by atoms with Gasteiger partial charge in [-0.25, -0.2) is 13.2 Å². The molecule has 0 bridgehead atoms. The molecule has 0 N–H and O–H groups in total. The zero-order valence-electron chi connectivity index (χ0n) is 11.1. The van der Waals surface area contributed by atoms with E-state index in [4.69, 9.17) is 27.9 Å². The van der Waals surface area contributed by atoms with Gasteiger partial charge in [0.2, 0.25) is 10.0 Å². The lowest BCUT2D eigenvalue weighted by atomic mass is 10.3. The molecule has 1 aromatic rings. The van der Waals surface area contributed by atoms with Crippen molar-refractivity contribution in [3.8, 4) is 0 Å². The topological polar surface area (TPSA) is 72.9 Å². The summed E-state index contributed by atoms with van der Waals surface area (Å²) in [5.74, 6) is -0.625. The van der Waals surface area contributed by atoms with Gasteiger partial charge in [-0.05, 0) is 12.1 Å². The van der Waals surface area contributed by atoms with Crippen LogP contribution in [0.5, 0.6) is 0 Å². The van der Waals surface area contributed by atoms with Crippen LogP contribution in [0.1, 0.15) is 0 Å². The SMILES string of the molecule is COC(=O)C1CN(S(=O)(=O)c2c(Cl)cccc2Cl)CCO1. The standard InChI is InChI=1S/C12H13Cl2NO5S/c1-19-12(16)10-7-15(5-6-20-10)21(17,18)11-8(13)3-2-4-9(11)14/h2-4,10H,5-7H2,1H3. The summed E-state index contributed by atoms with van der Waals surface area (Å²) in [6.45, 7) is 0.0506. The van der Waals surface area contributed by atoms with Gasteiger partial charge >= 0.3 is 5.97 Å². The molecule has 1 fully saturated rings. The van der Waals surface area contributed by atoms with E-state index < -0.39 is 22.1 Å². The molecule has 1 aliphatic heterocycles. The molecule has 21 heavy (non-hydrogen) atoms. The Morgan fingerprint density at radius 1 is 1.38 bits per heavy atom. The molecule has 6 nitrogen and oxygen atoms in total. The molecule has 0 aliphatic carbocycles. The average molecular weight is 354 g/mol. The zero-order valence-corrected chi connectivity index (χ0v) is 13.4. The number of halogens is 2. The molecule has 1 aliphatic rings. The fourth-order valence-corrected chi connectivity index (χ4v) is 4.49. The maximum Gasteiger partial charge on any atom is 0.336 e. The Hall–Kier alpha value is -0.860. The van der Waals surface area contributed by atoms with E-state index in [2.05, 4.69) is 4.74 Å². The lowest BCUT2D eigenvalue weighted by Crippen LogP contribution is -2.48. The molecule has 1 aromatic carbocycles. The van der Waals surface area contributed by atoms with Gasteiger partial charge in [-0.15, -0.1) is 0 Å². The predicted molar refractivity (Wildman–Crippen MR) is 77.0 cm³/mol. The summed E-state index contributed by atoms with van der Waals surface area (Å²) in [4.78, 5) is 11.3. The first-order valence-corrected chi connectivity index (χ1v) is 8.21. The first kappa shape index (κ1) is 16.5. The van der Waals surface area contributed by atoms with Crippen LogP contribution in [-0.2, 0) is 24.3 Å². The van der Waals surface area contributed by atoms with E-state index in [-0.39, 0.29) is 34.6 Å². The van der Waals surface area contributed by atoms with Gasteiger partial charge in [0.15, 0.2) is 6.10 Å². The van der Waals surface area contributed by atoms with Crippen molar-refractivity contribution >= 4 is 39.2 Å². The quantitative estimate of drug-likeness (QED) is 0.771. The molecular formula is C12H13Cl2NO5S. The summed E-state index contributed by atoms with van der Waals surface area (Å²) in [6, 6.07) is 4.44. The molecule has 116 valence electrons. The third-order valence-electron chi connectivity index (χ3n) is 3.01. The van der Waals surface area contributed by atoms with Crippen LogP contribution in [0.15, 0.2) is 23.1 Å². The van der Waals surface area contributed by atoms with E-state index in [0.29, 0.717) is 0 Å². The number of benzene rings is 1. The van der Waals surface area contributed by atoms with E-state index in [9.17, 15) is 13.2 Å². The van der Waals surface area contributed by atoms with Crippen LogP contribution in [-0.4, -0.2) is 51.6 Å². The van der Waals surface area contributed by atoms with Crippen molar-refractivity contribution in [2.24, 2.45) is 0 Å². The highest BCUT2D eigenvalue weighted by Gasteiger charge is 2.36. The van der Waals surface area contributed by atoms with Gasteiger partial charge in [0.05, 0.1) is 30.3 Å². The number of nitrogens with zero attached hydrogens (tertiary/aromatic N) is 1. The van der Waals surface area contributed by atoms with E-state index in [0.717, 1.165) is 4.31 Å². The molecule has 0 saturated carbocycles. The van der Waals surface area contributed by atoms with Crippen molar-refractivity contribution in [3.63, 3.8) is 0 Å². The number of sulfonamides is 1. The minimum atomic E-state index is -3.92. The van der Waals surface area contributed by atoms with Crippen molar-refractivity contribution in [1.82, 2.24) is 4.31 Å². The largest absolute Gasteiger partial charge is 0.467 e. The normalized spacial score (nSPS) is 20.2. The predicted octanol–water partition coefficient (Wildman–Crippen LogP) is 1.56. The van der Waals surface area contributed by atoms with Crippen molar-refractivity contribution in [2.45, 2.75) is 11.0 Å². The number of rotatable bonds is 3. The van der Waals surface area contributed by atoms with Crippen LogP contribution in [0.3, 0.4) is 0 Å². The number of methoxy groups -OCH3 is 1. The highest BCUT2D eigenvalue weighted by molar-refractivity contribution is 7.89. The summed E-state index contributed by atoms with van der Waals surface area (Å²) in [5.41, 5.74) is 0. The minimum Gasteiger partial charge on any atom is -0.467 e. The van der Waals surface area contributed by atoms with E-state index in [1.54, 1.807) is 6.07 Å². The summed E-state index contributed by atoms with van der Waals surface area (Å²) < 4.78 is 36.2. The van der Waals surface area contributed by atoms with Crippen LogP contribution < -0.4 is 0 Å². The Morgan fingerprint density at radius 2 is 2.00 bits per heavy atom.